The van der Waals surface area contributed by atoms with Crippen LogP contribution in [0.5, 0.6) is 0 Å². The van der Waals surface area contributed by atoms with Gasteiger partial charge in [0.15, 0.2) is 0 Å². The maximum Gasteiger partial charge on any atom is 0.416 e. The summed E-state index contributed by atoms with van der Waals surface area (Å²) in [6, 6.07) is 0. The number of nitrogens with one attached hydrogen (secondary N) is 1. The molecule has 0 aliphatic rings. The summed E-state index contributed by atoms with van der Waals surface area (Å²) in [6.45, 7) is 0.501. The summed E-state index contributed by atoms with van der Waals surface area (Å²) in [4.78, 5) is 12.7. The first-order chi connectivity index (χ1) is 4.33. The van der Waals surface area contributed by atoms with Crippen molar-refractivity contribution >= 4 is 0 Å². The second-order valence-corrected chi connectivity index (χ2v) is 1.68. The lowest BCUT2D eigenvalue weighted by molar-refractivity contribution is 0.470. The zero-order valence-corrected chi connectivity index (χ0v) is 4.89. The predicted molar refractivity (Wildman–Crippen MR) is 32.1 cm³/mol. The van der Waals surface area contributed by atoms with Crippen LogP contribution in [-0.2, 0) is 6.42 Å². The molecule has 0 radical (unpaired) electrons. The lowest BCUT2D eigenvalue weighted by Gasteiger charge is -1.84. The highest BCUT2D eigenvalue weighted by Crippen LogP contribution is 1.90. The van der Waals surface area contributed by atoms with Crippen molar-refractivity contribution in [2.24, 2.45) is 5.73 Å². The molecule has 1 heterocycles. The fourth-order valence-corrected chi connectivity index (χ4v) is 0.583. The highest BCUT2D eigenvalue weighted by molar-refractivity contribution is 4.88. The van der Waals surface area contributed by atoms with Gasteiger partial charge in [0.05, 0.1) is 0 Å². The van der Waals surface area contributed by atoms with Gasteiger partial charge in [-0.05, 0) is 6.54 Å². The molecule has 0 aliphatic heterocycles. The van der Waals surface area contributed by atoms with Crippen molar-refractivity contribution in [2.75, 3.05) is 6.54 Å². The molecule has 0 aromatic carbocycles. The summed E-state index contributed by atoms with van der Waals surface area (Å²) in [5.74, 6) is 0.195. The van der Waals surface area contributed by atoms with E-state index >= 15 is 0 Å². The maximum atomic E-state index is 10.3. The van der Waals surface area contributed by atoms with E-state index in [2.05, 4.69) is 9.40 Å². The van der Waals surface area contributed by atoms with Crippen LogP contribution in [0.1, 0.15) is 5.76 Å². The lowest BCUT2D eigenvalue weighted by Crippen LogP contribution is -2.01. The molecule has 0 amide bonds. The van der Waals surface area contributed by atoms with E-state index in [-0.39, 0.29) is 0 Å². The van der Waals surface area contributed by atoms with Crippen LogP contribution >= 0.6 is 0 Å². The number of hydrogen-bond donors (Lipinski definition) is 2. The van der Waals surface area contributed by atoms with Gasteiger partial charge in [-0.15, -0.1) is 0 Å². The molecule has 1 aromatic rings. The van der Waals surface area contributed by atoms with Gasteiger partial charge in [-0.3, -0.25) is 4.98 Å². The molecule has 0 spiro atoms. The fourth-order valence-electron chi connectivity index (χ4n) is 0.583. The molecular formula is C5H8N2O2. The number of aromatic amines is 1. The molecule has 1 aromatic heterocycles. The van der Waals surface area contributed by atoms with Gasteiger partial charge < -0.3 is 10.2 Å². The second kappa shape index (κ2) is 2.50. The van der Waals surface area contributed by atoms with Gasteiger partial charge in [-0.2, -0.15) is 0 Å². The zero-order chi connectivity index (χ0) is 6.69. The maximum absolute atomic E-state index is 10.3. The van der Waals surface area contributed by atoms with Crippen LogP contribution in [0, 0.1) is 0 Å². The minimum atomic E-state index is -0.418. The lowest BCUT2D eigenvalue weighted by atomic mass is 10.4. The Balaban J connectivity index is 2.73. The summed E-state index contributed by atoms with van der Waals surface area (Å²) >= 11 is 0. The average molecular weight is 128 g/mol. The van der Waals surface area contributed by atoms with E-state index in [0.29, 0.717) is 18.7 Å². The zero-order valence-electron chi connectivity index (χ0n) is 4.89. The van der Waals surface area contributed by atoms with Crippen molar-refractivity contribution in [3.63, 3.8) is 0 Å². The minimum Gasteiger partial charge on any atom is -0.413 e. The number of rotatable bonds is 2. The van der Waals surface area contributed by atoms with Crippen molar-refractivity contribution < 1.29 is 4.42 Å². The number of oxazole rings is 1. The molecule has 0 unspecified atom stereocenters. The van der Waals surface area contributed by atoms with Crippen LogP contribution in [0.15, 0.2) is 15.4 Å². The Bertz CT molecular complexity index is 225. The first-order valence-corrected chi connectivity index (χ1v) is 2.70. The van der Waals surface area contributed by atoms with E-state index in [9.17, 15) is 4.79 Å². The van der Waals surface area contributed by atoms with Gasteiger partial charge in [0.2, 0.25) is 0 Å². The number of hydrogen-bond acceptors (Lipinski definition) is 3. The van der Waals surface area contributed by atoms with Crippen molar-refractivity contribution in [3.05, 3.63) is 22.5 Å². The third kappa shape index (κ3) is 1.43. The molecule has 9 heavy (non-hydrogen) atoms. The third-order valence-corrected chi connectivity index (χ3v) is 0.966. The molecule has 0 atom stereocenters. The molecule has 0 bridgehead atoms. The highest BCUT2D eigenvalue weighted by atomic mass is 16.4. The molecule has 4 heteroatoms. The third-order valence-electron chi connectivity index (χ3n) is 0.966. The van der Waals surface area contributed by atoms with E-state index in [1.807, 2.05) is 0 Å². The van der Waals surface area contributed by atoms with E-state index < -0.39 is 5.76 Å². The number of H-pyrrole nitrogens is 1. The van der Waals surface area contributed by atoms with E-state index in [0.717, 1.165) is 0 Å². The van der Waals surface area contributed by atoms with Crippen LogP contribution in [-0.4, -0.2) is 11.5 Å². The molecule has 0 saturated heterocycles. The number of nitrogens with two attached hydrogens (primary N) is 1. The highest BCUT2D eigenvalue weighted by Gasteiger charge is 1.94. The van der Waals surface area contributed by atoms with Crippen LogP contribution in [0.4, 0.5) is 0 Å². The molecule has 4 nitrogen and oxygen atoms in total. The van der Waals surface area contributed by atoms with Crippen molar-refractivity contribution in [1.82, 2.24) is 4.98 Å². The summed E-state index contributed by atoms with van der Waals surface area (Å²) < 4.78 is 4.63. The van der Waals surface area contributed by atoms with E-state index in [1.54, 1.807) is 0 Å². The van der Waals surface area contributed by atoms with Gasteiger partial charge in [0.1, 0.15) is 5.76 Å². The first kappa shape index (κ1) is 6.10. The molecule has 3 N–H and O–H groups in total. The van der Waals surface area contributed by atoms with Crippen molar-refractivity contribution in [3.8, 4) is 0 Å². The Hall–Kier alpha value is -1.03. The van der Waals surface area contributed by atoms with Crippen molar-refractivity contribution in [1.29, 1.82) is 0 Å². The average Bonchev–Trinajstić information content (AvgIpc) is 2.17. The predicted octanol–water partition coefficient (Wildman–Crippen LogP) is -0.531. The Labute approximate surface area is 51.7 Å². The summed E-state index contributed by atoms with van der Waals surface area (Å²) in [6.07, 6.45) is 2.13. The fraction of sp³-hybridized carbons (Fsp3) is 0.400. The van der Waals surface area contributed by atoms with Gasteiger partial charge in [0, 0.05) is 12.6 Å². The summed E-state index contributed by atoms with van der Waals surface area (Å²) in [7, 11) is 0. The SMILES string of the molecule is NCCc1c[nH]c(=O)o1. The quantitative estimate of drug-likeness (QED) is 0.562. The Morgan fingerprint density at radius 3 is 3.00 bits per heavy atom. The molecular weight excluding hydrogens is 120 g/mol. The summed E-state index contributed by atoms with van der Waals surface area (Å²) in [5, 5.41) is 0. The smallest absolute Gasteiger partial charge is 0.413 e. The monoisotopic (exact) mass is 128 g/mol. The first-order valence-electron chi connectivity index (χ1n) is 2.70. The largest absolute Gasteiger partial charge is 0.416 e. The van der Waals surface area contributed by atoms with Gasteiger partial charge in [-0.25, -0.2) is 4.79 Å². The topological polar surface area (TPSA) is 72.0 Å². The molecule has 50 valence electrons. The van der Waals surface area contributed by atoms with Crippen LogP contribution < -0.4 is 11.5 Å². The Morgan fingerprint density at radius 1 is 1.78 bits per heavy atom. The number of aromatic nitrogens is 1. The van der Waals surface area contributed by atoms with Gasteiger partial charge >= 0.3 is 5.76 Å². The van der Waals surface area contributed by atoms with Crippen LogP contribution in [0.25, 0.3) is 0 Å². The minimum absolute atomic E-state index is 0.418. The normalized spacial score (nSPS) is 9.89. The van der Waals surface area contributed by atoms with Crippen LogP contribution in [0.3, 0.4) is 0 Å². The van der Waals surface area contributed by atoms with Gasteiger partial charge in [0.25, 0.3) is 0 Å². The van der Waals surface area contributed by atoms with Crippen molar-refractivity contribution in [2.45, 2.75) is 6.42 Å². The van der Waals surface area contributed by atoms with E-state index in [1.165, 1.54) is 6.20 Å². The molecule has 0 aliphatic carbocycles. The summed E-state index contributed by atoms with van der Waals surface area (Å²) in [5.41, 5.74) is 5.19. The molecule has 0 saturated carbocycles. The Morgan fingerprint density at radius 2 is 2.56 bits per heavy atom. The van der Waals surface area contributed by atoms with Crippen LogP contribution in [0.2, 0.25) is 0 Å². The van der Waals surface area contributed by atoms with Gasteiger partial charge in [-0.1, -0.05) is 0 Å². The molecule has 0 fully saturated rings. The standard InChI is InChI=1S/C5H8N2O2/c6-2-1-4-3-7-5(8)9-4/h3H,1-2,6H2,(H,7,8). The van der Waals surface area contributed by atoms with E-state index in [4.69, 9.17) is 5.73 Å². The second-order valence-electron chi connectivity index (χ2n) is 1.68. The molecule has 1 rings (SSSR count). The Kier molecular flexibility index (Phi) is 1.69.